The Kier molecular flexibility index (Phi) is 3.79. The molecule has 5 heteroatoms. The van der Waals surface area contributed by atoms with Gasteiger partial charge in [0.15, 0.2) is 0 Å². The number of aliphatic hydroxyl groups excluding tert-OH is 1. The van der Waals surface area contributed by atoms with Crippen LogP contribution in [0.25, 0.3) is 0 Å². The summed E-state index contributed by atoms with van der Waals surface area (Å²) in [4.78, 5) is 0. The van der Waals surface area contributed by atoms with Gasteiger partial charge in [0, 0.05) is 3.57 Å². The zero-order valence-electron chi connectivity index (χ0n) is 7.25. The number of benzene rings is 1. The maximum atomic E-state index is 13.0. The fraction of sp³-hybridized carbons (Fsp3) is 0.333. The summed E-state index contributed by atoms with van der Waals surface area (Å²) in [5, 5.41) is 8.46. The van der Waals surface area contributed by atoms with Gasteiger partial charge in [-0.1, -0.05) is 12.1 Å². The lowest BCUT2D eigenvalue weighted by molar-refractivity contribution is -0.0711. The third kappa shape index (κ3) is 2.61. The van der Waals surface area contributed by atoms with Crippen LogP contribution in [0.15, 0.2) is 24.3 Å². The normalized spacial score (nSPS) is 14.1. The highest BCUT2D eigenvalue weighted by atomic mass is 127. The molecule has 1 aromatic carbocycles. The zero-order valence-corrected chi connectivity index (χ0v) is 9.41. The molecule has 0 unspecified atom stereocenters. The minimum atomic E-state index is -3.27. The van der Waals surface area contributed by atoms with Gasteiger partial charge < -0.3 is 10.8 Å². The molecule has 0 heterocycles. The number of halogens is 3. The molecule has 0 spiro atoms. The van der Waals surface area contributed by atoms with E-state index in [2.05, 4.69) is 0 Å². The molecule has 1 atom stereocenters. The van der Waals surface area contributed by atoms with Gasteiger partial charge in [-0.2, -0.15) is 0 Å². The smallest absolute Gasteiger partial charge is 0.289 e. The number of alkyl halides is 2. The molecular formula is C9H10F2INO. The van der Waals surface area contributed by atoms with E-state index in [0.29, 0.717) is 5.56 Å². The zero-order chi connectivity index (χ0) is 10.8. The van der Waals surface area contributed by atoms with Crippen molar-refractivity contribution in [3.63, 3.8) is 0 Å². The minimum Gasteiger partial charge on any atom is -0.390 e. The van der Waals surface area contributed by atoms with Gasteiger partial charge >= 0.3 is 0 Å². The molecule has 3 N–H and O–H groups in total. The van der Waals surface area contributed by atoms with Gasteiger partial charge in [-0.25, -0.2) is 8.78 Å². The van der Waals surface area contributed by atoms with Crippen LogP contribution in [0.2, 0.25) is 0 Å². The molecule has 0 aromatic heterocycles. The Labute approximate surface area is 94.3 Å². The Hall–Kier alpha value is -0.270. The SMILES string of the molecule is N[C@@H](c1cccc(I)c1)C(F)(F)CO. The molecule has 14 heavy (non-hydrogen) atoms. The second kappa shape index (κ2) is 4.50. The predicted molar refractivity (Wildman–Crippen MR) is 58.1 cm³/mol. The fourth-order valence-corrected chi connectivity index (χ4v) is 1.61. The van der Waals surface area contributed by atoms with Gasteiger partial charge in [0.1, 0.15) is 6.61 Å². The summed E-state index contributed by atoms with van der Waals surface area (Å²) in [6.45, 7) is -1.24. The number of rotatable bonds is 3. The van der Waals surface area contributed by atoms with Crippen molar-refractivity contribution in [3.05, 3.63) is 33.4 Å². The van der Waals surface area contributed by atoms with E-state index in [-0.39, 0.29) is 0 Å². The number of aliphatic hydroxyl groups is 1. The first-order valence-corrected chi connectivity index (χ1v) is 5.05. The molecule has 1 aromatic rings. The third-order valence-corrected chi connectivity index (χ3v) is 2.54. The predicted octanol–water partition coefficient (Wildman–Crippen LogP) is 1.92. The van der Waals surface area contributed by atoms with E-state index in [1.807, 2.05) is 22.6 Å². The summed E-state index contributed by atoms with van der Waals surface area (Å²) in [5.74, 6) is -3.27. The van der Waals surface area contributed by atoms with Gasteiger partial charge in [0.25, 0.3) is 5.92 Å². The topological polar surface area (TPSA) is 46.2 Å². The van der Waals surface area contributed by atoms with Crippen LogP contribution in [-0.2, 0) is 0 Å². The fourth-order valence-electron chi connectivity index (χ4n) is 1.04. The average molecular weight is 313 g/mol. The largest absolute Gasteiger partial charge is 0.390 e. The van der Waals surface area contributed by atoms with Gasteiger partial charge in [0.2, 0.25) is 0 Å². The Balaban J connectivity index is 2.94. The second-order valence-corrected chi connectivity index (χ2v) is 4.20. The molecule has 0 fully saturated rings. The molecule has 0 saturated carbocycles. The standard InChI is InChI=1S/C9H10F2INO/c10-9(11,5-14)8(13)6-2-1-3-7(12)4-6/h1-4,8,14H,5,13H2/t8-/m0/s1. The number of nitrogens with two attached hydrogens (primary N) is 1. The van der Waals surface area contributed by atoms with Crippen LogP contribution < -0.4 is 5.73 Å². The van der Waals surface area contributed by atoms with E-state index in [4.69, 9.17) is 10.8 Å². The van der Waals surface area contributed by atoms with Crippen molar-refractivity contribution < 1.29 is 13.9 Å². The summed E-state index contributed by atoms with van der Waals surface area (Å²) in [6.07, 6.45) is 0. The summed E-state index contributed by atoms with van der Waals surface area (Å²) in [6, 6.07) is 5.09. The molecular weight excluding hydrogens is 303 g/mol. The molecule has 2 nitrogen and oxygen atoms in total. The lowest BCUT2D eigenvalue weighted by atomic mass is 10.0. The third-order valence-electron chi connectivity index (χ3n) is 1.87. The maximum Gasteiger partial charge on any atom is 0.289 e. The van der Waals surface area contributed by atoms with E-state index in [1.54, 1.807) is 18.2 Å². The molecule has 0 saturated heterocycles. The van der Waals surface area contributed by atoms with Crippen LogP contribution in [-0.4, -0.2) is 17.6 Å². The number of hydrogen-bond acceptors (Lipinski definition) is 2. The summed E-state index contributed by atoms with van der Waals surface area (Å²) in [5.41, 5.74) is 5.67. The van der Waals surface area contributed by atoms with Gasteiger partial charge in [0.05, 0.1) is 6.04 Å². The van der Waals surface area contributed by atoms with Crippen LogP contribution in [0.5, 0.6) is 0 Å². The van der Waals surface area contributed by atoms with Crippen LogP contribution in [0.4, 0.5) is 8.78 Å². The first kappa shape index (κ1) is 11.8. The quantitative estimate of drug-likeness (QED) is 0.838. The van der Waals surface area contributed by atoms with Gasteiger partial charge in [-0.3, -0.25) is 0 Å². The van der Waals surface area contributed by atoms with Crippen molar-refractivity contribution in [2.45, 2.75) is 12.0 Å². The van der Waals surface area contributed by atoms with Crippen LogP contribution in [0.1, 0.15) is 11.6 Å². The molecule has 0 radical (unpaired) electrons. The molecule has 78 valence electrons. The monoisotopic (exact) mass is 313 g/mol. The first-order chi connectivity index (χ1) is 6.47. The Morgan fingerprint density at radius 1 is 1.50 bits per heavy atom. The molecule has 0 aliphatic rings. The average Bonchev–Trinajstić information content (AvgIpc) is 2.16. The Morgan fingerprint density at radius 3 is 2.64 bits per heavy atom. The Bertz CT molecular complexity index is 319. The van der Waals surface area contributed by atoms with Crippen LogP contribution in [0.3, 0.4) is 0 Å². The maximum absolute atomic E-state index is 13.0. The van der Waals surface area contributed by atoms with Crippen LogP contribution in [0, 0.1) is 3.57 Å². The summed E-state index contributed by atoms with van der Waals surface area (Å²) in [7, 11) is 0. The van der Waals surface area contributed by atoms with E-state index < -0.39 is 18.6 Å². The Morgan fingerprint density at radius 2 is 2.14 bits per heavy atom. The first-order valence-electron chi connectivity index (χ1n) is 3.97. The molecule has 0 bridgehead atoms. The van der Waals surface area contributed by atoms with Crippen molar-refractivity contribution in [2.75, 3.05) is 6.61 Å². The molecule has 1 rings (SSSR count). The lowest BCUT2D eigenvalue weighted by Gasteiger charge is -2.21. The summed E-state index contributed by atoms with van der Waals surface area (Å²) < 4.78 is 26.8. The van der Waals surface area contributed by atoms with E-state index >= 15 is 0 Å². The van der Waals surface area contributed by atoms with Crippen molar-refractivity contribution in [1.29, 1.82) is 0 Å². The molecule has 0 aliphatic carbocycles. The van der Waals surface area contributed by atoms with Crippen LogP contribution >= 0.6 is 22.6 Å². The van der Waals surface area contributed by atoms with Crippen molar-refractivity contribution >= 4 is 22.6 Å². The highest BCUT2D eigenvalue weighted by molar-refractivity contribution is 14.1. The van der Waals surface area contributed by atoms with Crippen molar-refractivity contribution in [2.24, 2.45) is 5.73 Å². The highest BCUT2D eigenvalue weighted by Gasteiger charge is 2.37. The van der Waals surface area contributed by atoms with E-state index in [0.717, 1.165) is 3.57 Å². The number of hydrogen-bond donors (Lipinski definition) is 2. The molecule has 0 amide bonds. The van der Waals surface area contributed by atoms with E-state index in [1.165, 1.54) is 6.07 Å². The highest BCUT2D eigenvalue weighted by Crippen LogP contribution is 2.29. The lowest BCUT2D eigenvalue weighted by Crippen LogP contribution is -2.36. The van der Waals surface area contributed by atoms with Crippen molar-refractivity contribution in [3.8, 4) is 0 Å². The second-order valence-electron chi connectivity index (χ2n) is 2.95. The van der Waals surface area contributed by atoms with Crippen molar-refractivity contribution in [1.82, 2.24) is 0 Å². The van der Waals surface area contributed by atoms with Gasteiger partial charge in [-0.05, 0) is 40.3 Å². The molecule has 0 aliphatic heterocycles. The van der Waals surface area contributed by atoms with E-state index in [9.17, 15) is 8.78 Å². The summed E-state index contributed by atoms with van der Waals surface area (Å²) >= 11 is 2.02. The van der Waals surface area contributed by atoms with Gasteiger partial charge in [-0.15, -0.1) is 0 Å². The minimum absolute atomic E-state index is 0.330.